The van der Waals surface area contributed by atoms with Crippen molar-refractivity contribution in [1.29, 1.82) is 0 Å². The third-order valence-electron chi connectivity index (χ3n) is 2.08. The summed E-state index contributed by atoms with van der Waals surface area (Å²) in [5.74, 6) is 0. The van der Waals surface area contributed by atoms with Crippen molar-refractivity contribution in [3.63, 3.8) is 0 Å². The van der Waals surface area contributed by atoms with Crippen LogP contribution in [-0.2, 0) is 25.0 Å². The van der Waals surface area contributed by atoms with Crippen molar-refractivity contribution in [1.82, 2.24) is 3.71 Å². The number of rotatable bonds is 4. The van der Waals surface area contributed by atoms with Gasteiger partial charge in [-0.15, -0.1) is 0 Å². The van der Waals surface area contributed by atoms with Crippen molar-refractivity contribution in [3.8, 4) is 0 Å². The van der Waals surface area contributed by atoms with Crippen LogP contribution < -0.4 is 0 Å². The van der Waals surface area contributed by atoms with Crippen LogP contribution in [0.4, 0.5) is 0 Å². The van der Waals surface area contributed by atoms with Crippen LogP contribution in [0.3, 0.4) is 0 Å². The number of nitrogens with zero attached hydrogens (tertiary/aromatic N) is 1. The van der Waals surface area contributed by atoms with E-state index in [9.17, 15) is 16.8 Å². The van der Waals surface area contributed by atoms with Crippen molar-refractivity contribution in [2.24, 2.45) is 0 Å². The molecule has 0 spiro atoms. The van der Waals surface area contributed by atoms with Gasteiger partial charge in [-0.2, -0.15) is 16.8 Å². The molecule has 0 radical (unpaired) electrons. The first-order valence-electron chi connectivity index (χ1n) is 4.74. The first kappa shape index (κ1) is 15.7. The summed E-state index contributed by atoms with van der Waals surface area (Å²) in [7, 11) is 1.17. The van der Waals surface area contributed by atoms with E-state index in [0.29, 0.717) is 5.56 Å². The number of benzene rings is 1. The summed E-state index contributed by atoms with van der Waals surface area (Å²) >= 11 is 0. The summed E-state index contributed by atoms with van der Waals surface area (Å²) in [6.07, 6.45) is 0. The molecule has 0 unspecified atom stereocenters. The van der Waals surface area contributed by atoms with Crippen LogP contribution in [0, 0.1) is 13.8 Å². The zero-order valence-electron chi connectivity index (χ0n) is 9.59. The molecule has 0 aliphatic carbocycles. The van der Waals surface area contributed by atoms with E-state index < -0.39 is 25.0 Å². The Morgan fingerprint density at radius 2 is 1.33 bits per heavy atom. The lowest BCUT2D eigenvalue weighted by Crippen LogP contribution is -2.29. The Bertz CT molecular complexity index is 603. The normalized spacial score (nSPS) is 12.9. The molecule has 0 heterocycles. The SMILES string of the molecule is Cc1cc(C)cc(CN(S(=O)(=O)Cl)S(=O)(=O)Cl)c1. The van der Waals surface area contributed by atoms with Gasteiger partial charge >= 0.3 is 18.5 Å². The molecule has 0 aliphatic heterocycles. The lowest BCUT2D eigenvalue weighted by atomic mass is 10.1. The van der Waals surface area contributed by atoms with Crippen LogP contribution in [-0.4, -0.2) is 20.5 Å². The molecule has 0 N–H and O–H groups in total. The maximum atomic E-state index is 11.2. The average Bonchev–Trinajstić information content (AvgIpc) is 2.08. The Morgan fingerprint density at radius 1 is 0.944 bits per heavy atom. The second-order valence-electron chi connectivity index (χ2n) is 3.81. The highest BCUT2D eigenvalue weighted by Gasteiger charge is 2.31. The molecule has 5 nitrogen and oxygen atoms in total. The van der Waals surface area contributed by atoms with E-state index in [0.717, 1.165) is 11.1 Å². The number of aryl methyl sites for hydroxylation is 2. The summed E-state index contributed by atoms with van der Waals surface area (Å²) in [6.45, 7) is 3.19. The van der Waals surface area contributed by atoms with Gasteiger partial charge in [-0.05, 0) is 19.4 Å². The van der Waals surface area contributed by atoms with Gasteiger partial charge < -0.3 is 0 Å². The van der Waals surface area contributed by atoms with Crippen LogP contribution in [0.2, 0.25) is 0 Å². The lowest BCUT2D eigenvalue weighted by molar-refractivity contribution is 0.515. The first-order valence-corrected chi connectivity index (χ1v) is 9.27. The van der Waals surface area contributed by atoms with Crippen LogP contribution in [0.1, 0.15) is 16.7 Å². The minimum atomic E-state index is -4.46. The summed E-state index contributed by atoms with van der Waals surface area (Å²) in [5.41, 5.74) is 2.24. The van der Waals surface area contributed by atoms with E-state index in [1.165, 1.54) is 0 Å². The second-order valence-corrected chi connectivity index (χ2v) is 8.91. The van der Waals surface area contributed by atoms with E-state index in [1.807, 2.05) is 19.9 Å². The highest BCUT2D eigenvalue weighted by Crippen LogP contribution is 2.21. The van der Waals surface area contributed by atoms with Crippen molar-refractivity contribution in [2.75, 3.05) is 0 Å². The molecule has 0 aliphatic rings. The summed E-state index contributed by atoms with van der Waals surface area (Å²) < 4.78 is 44.8. The molecule has 0 amide bonds. The van der Waals surface area contributed by atoms with Crippen LogP contribution in [0.15, 0.2) is 18.2 Å². The van der Waals surface area contributed by atoms with Crippen LogP contribution in [0.25, 0.3) is 0 Å². The van der Waals surface area contributed by atoms with Gasteiger partial charge in [-0.25, -0.2) is 0 Å². The molecule has 1 aromatic carbocycles. The van der Waals surface area contributed by atoms with Gasteiger partial charge in [0.05, 0.1) is 6.54 Å². The van der Waals surface area contributed by atoms with Crippen LogP contribution >= 0.6 is 21.4 Å². The third kappa shape index (κ3) is 4.40. The molecule has 0 bridgehead atoms. The maximum absolute atomic E-state index is 11.2. The molecule has 0 fully saturated rings. The average molecular weight is 332 g/mol. The minimum absolute atomic E-state index is 0.0390. The molecule has 0 aromatic heterocycles. The molecule has 102 valence electrons. The number of halogens is 2. The minimum Gasteiger partial charge on any atom is -0.194 e. The molecule has 0 saturated carbocycles. The highest BCUT2D eigenvalue weighted by atomic mass is 35.7. The maximum Gasteiger partial charge on any atom is 0.314 e. The zero-order chi connectivity index (χ0) is 14.1. The largest absolute Gasteiger partial charge is 0.314 e. The fourth-order valence-corrected chi connectivity index (χ4v) is 4.91. The smallest absolute Gasteiger partial charge is 0.194 e. The van der Waals surface area contributed by atoms with Crippen molar-refractivity contribution in [2.45, 2.75) is 20.4 Å². The first-order chi connectivity index (χ1) is 8.00. The van der Waals surface area contributed by atoms with Gasteiger partial charge in [0.1, 0.15) is 0 Å². The molecule has 1 rings (SSSR count). The molecule has 18 heavy (non-hydrogen) atoms. The van der Waals surface area contributed by atoms with Gasteiger partial charge in [0.2, 0.25) is 0 Å². The quantitative estimate of drug-likeness (QED) is 0.792. The standard InChI is InChI=1S/C9H11Cl2NO4S2/c1-7-3-8(2)5-9(4-7)6-12(17(10,13)14)18(11,15)16/h3-5H,6H2,1-2H3. The van der Waals surface area contributed by atoms with Gasteiger partial charge in [0, 0.05) is 21.4 Å². The third-order valence-corrected chi connectivity index (χ3v) is 5.98. The van der Waals surface area contributed by atoms with E-state index in [4.69, 9.17) is 21.4 Å². The fourth-order valence-electron chi connectivity index (χ4n) is 1.57. The predicted molar refractivity (Wildman–Crippen MR) is 71.0 cm³/mol. The molecule has 9 heteroatoms. The summed E-state index contributed by atoms with van der Waals surface area (Å²) in [5, 5.41) is 0. The second kappa shape index (κ2) is 5.34. The van der Waals surface area contributed by atoms with Crippen LogP contribution in [0.5, 0.6) is 0 Å². The Labute approximate surface area is 115 Å². The number of hydrogen-bond acceptors (Lipinski definition) is 4. The molecule has 0 saturated heterocycles. The van der Waals surface area contributed by atoms with E-state index in [1.54, 1.807) is 12.1 Å². The molecule has 1 aromatic rings. The van der Waals surface area contributed by atoms with Gasteiger partial charge in [0.15, 0.2) is 0 Å². The van der Waals surface area contributed by atoms with E-state index in [2.05, 4.69) is 0 Å². The number of hydrogen-bond donors (Lipinski definition) is 0. The van der Waals surface area contributed by atoms with E-state index >= 15 is 0 Å². The fraction of sp³-hybridized carbons (Fsp3) is 0.333. The Morgan fingerprint density at radius 3 is 1.67 bits per heavy atom. The Kier molecular flexibility index (Phi) is 4.66. The van der Waals surface area contributed by atoms with Gasteiger partial charge in [0.25, 0.3) is 0 Å². The predicted octanol–water partition coefficient (Wildman–Crippen LogP) is 2.07. The highest BCUT2D eigenvalue weighted by molar-refractivity contribution is 8.24. The molecule has 0 atom stereocenters. The lowest BCUT2D eigenvalue weighted by Gasteiger charge is -2.15. The molecular formula is C9H11Cl2NO4S2. The Balaban J connectivity index is 3.21. The molecular weight excluding hydrogens is 321 g/mol. The summed E-state index contributed by atoms with van der Waals surface area (Å²) in [4.78, 5) is 0. The van der Waals surface area contributed by atoms with Crippen molar-refractivity contribution in [3.05, 3.63) is 34.9 Å². The summed E-state index contributed by atoms with van der Waals surface area (Å²) in [6, 6.07) is 5.19. The Hall–Kier alpha value is -0.340. The van der Waals surface area contributed by atoms with Gasteiger partial charge in [-0.3, -0.25) is 0 Å². The van der Waals surface area contributed by atoms with Gasteiger partial charge in [-0.1, -0.05) is 33.0 Å². The van der Waals surface area contributed by atoms with Crippen molar-refractivity contribution < 1.29 is 16.8 Å². The monoisotopic (exact) mass is 331 g/mol. The topological polar surface area (TPSA) is 71.5 Å². The zero-order valence-corrected chi connectivity index (χ0v) is 12.7. The van der Waals surface area contributed by atoms with Crippen molar-refractivity contribution >= 4 is 39.8 Å². The van der Waals surface area contributed by atoms with E-state index in [-0.39, 0.29) is 3.71 Å².